The second kappa shape index (κ2) is 7.06. The van der Waals surface area contributed by atoms with Crippen LogP contribution in [-0.4, -0.2) is 49.2 Å². The molecule has 0 spiro atoms. The van der Waals surface area contributed by atoms with E-state index in [0.717, 1.165) is 39.1 Å². The van der Waals surface area contributed by atoms with E-state index in [2.05, 4.69) is 10.2 Å². The van der Waals surface area contributed by atoms with Crippen LogP contribution in [0.15, 0.2) is 24.3 Å². The first kappa shape index (κ1) is 13.8. The fourth-order valence-electron chi connectivity index (χ4n) is 2.08. The molecule has 1 saturated heterocycles. The SMILES string of the molecule is O=[N+]([O-])c1ccc(OCCCN2CCNCC2)cc1. The Labute approximate surface area is 112 Å². The molecule has 0 saturated carbocycles. The first-order valence-corrected chi connectivity index (χ1v) is 6.56. The van der Waals surface area contributed by atoms with Gasteiger partial charge in [-0.25, -0.2) is 0 Å². The highest BCUT2D eigenvalue weighted by Gasteiger charge is 2.08. The van der Waals surface area contributed by atoms with Crippen LogP contribution in [0.1, 0.15) is 6.42 Å². The van der Waals surface area contributed by atoms with E-state index in [4.69, 9.17) is 4.74 Å². The number of nitrogens with zero attached hydrogens (tertiary/aromatic N) is 2. The van der Waals surface area contributed by atoms with Crippen molar-refractivity contribution in [3.63, 3.8) is 0 Å². The Bertz CT molecular complexity index is 402. The maximum Gasteiger partial charge on any atom is 0.269 e. The molecule has 1 N–H and O–H groups in total. The van der Waals surface area contributed by atoms with Crippen LogP contribution in [0, 0.1) is 10.1 Å². The number of nitro groups is 1. The number of ether oxygens (including phenoxy) is 1. The maximum absolute atomic E-state index is 10.5. The highest BCUT2D eigenvalue weighted by molar-refractivity contribution is 5.35. The number of hydrogen-bond donors (Lipinski definition) is 1. The summed E-state index contributed by atoms with van der Waals surface area (Å²) in [6, 6.07) is 6.21. The first-order valence-electron chi connectivity index (χ1n) is 6.56. The summed E-state index contributed by atoms with van der Waals surface area (Å²) in [6.07, 6.45) is 0.969. The van der Waals surface area contributed by atoms with E-state index in [9.17, 15) is 10.1 Å². The Balaban J connectivity index is 1.66. The number of rotatable bonds is 6. The predicted molar refractivity (Wildman–Crippen MR) is 72.5 cm³/mol. The largest absolute Gasteiger partial charge is 0.494 e. The van der Waals surface area contributed by atoms with Crippen molar-refractivity contribution in [3.05, 3.63) is 34.4 Å². The molecule has 0 aromatic heterocycles. The number of piperazine rings is 1. The van der Waals surface area contributed by atoms with E-state index in [0.29, 0.717) is 12.4 Å². The van der Waals surface area contributed by atoms with Crippen molar-refractivity contribution >= 4 is 5.69 Å². The zero-order chi connectivity index (χ0) is 13.5. The second-order valence-corrected chi connectivity index (χ2v) is 4.54. The molecular formula is C13H19N3O3. The first-order chi connectivity index (χ1) is 9.25. The van der Waals surface area contributed by atoms with Gasteiger partial charge in [-0.15, -0.1) is 0 Å². The van der Waals surface area contributed by atoms with Crippen LogP contribution in [-0.2, 0) is 0 Å². The third kappa shape index (κ3) is 4.50. The summed E-state index contributed by atoms with van der Waals surface area (Å²) in [5.41, 5.74) is 0.0909. The van der Waals surface area contributed by atoms with E-state index in [-0.39, 0.29) is 5.69 Å². The normalized spacial score (nSPS) is 16.2. The molecule has 0 unspecified atom stereocenters. The van der Waals surface area contributed by atoms with Gasteiger partial charge in [0.1, 0.15) is 5.75 Å². The molecule has 104 valence electrons. The minimum Gasteiger partial charge on any atom is -0.494 e. The molecule has 2 rings (SSSR count). The molecule has 6 heteroatoms. The van der Waals surface area contributed by atoms with Crippen molar-refractivity contribution in [1.29, 1.82) is 0 Å². The standard InChI is InChI=1S/C13H19N3O3/c17-16(18)12-2-4-13(5-3-12)19-11-1-8-15-9-6-14-7-10-15/h2-5,14H,1,6-11H2. The molecule has 6 nitrogen and oxygen atoms in total. The summed E-state index contributed by atoms with van der Waals surface area (Å²) in [7, 11) is 0. The highest BCUT2D eigenvalue weighted by atomic mass is 16.6. The van der Waals surface area contributed by atoms with Crippen LogP contribution < -0.4 is 10.1 Å². The van der Waals surface area contributed by atoms with Gasteiger partial charge in [0.15, 0.2) is 0 Å². The van der Waals surface area contributed by atoms with E-state index in [1.54, 1.807) is 12.1 Å². The number of non-ortho nitro benzene ring substituents is 1. The van der Waals surface area contributed by atoms with Crippen molar-refractivity contribution in [2.45, 2.75) is 6.42 Å². The lowest BCUT2D eigenvalue weighted by Crippen LogP contribution is -2.43. The van der Waals surface area contributed by atoms with Crippen molar-refractivity contribution in [2.75, 3.05) is 39.3 Å². The van der Waals surface area contributed by atoms with E-state index < -0.39 is 4.92 Å². The molecule has 0 aliphatic carbocycles. The summed E-state index contributed by atoms with van der Waals surface area (Å²) < 4.78 is 5.57. The Morgan fingerprint density at radius 1 is 1.26 bits per heavy atom. The van der Waals surface area contributed by atoms with Crippen molar-refractivity contribution in [3.8, 4) is 5.75 Å². The van der Waals surface area contributed by atoms with Gasteiger partial charge >= 0.3 is 0 Å². The zero-order valence-corrected chi connectivity index (χ0v) is 10.9. The lowest BCUT2D eigenvalue weighted by atomic mass is 10.3. The van der Waals surface area contributed by atoms with E-state index >= 15 is 0 Å². The second-order valence-electron chi connectivity index (χ2n) is 4.54. The van der Waals surface area contributed by atoms with Gasteiger partial charge in [0.25, 0.3) is 5.69 Å². The van der Waals surface area contributed by atoms with Gasteiger partial charge in [0.05, 0.1) is 11.5 Å². The molecule has 1 aromatic carbocycles. The Hall–Kier alpha value is -1.66. The predicted octanol–water partition coefficient (Wildman–Crippen LogP) is 1.27. The molecule has 19 heavy (non-hydrogen) atoms. The van der Waals surface area contributed by atoms with Gasteiger partial charge in [0, 0.05) is 44.9 Å². The highest BCUT2D eigenvalue weighted by Crippen LogP contribution is 2.17. The fraction of sp³-hybridized carbons (Fsp3) is 0.538. The number of nitro benzene ring substituents is 1. The number of nitrogens with one attached hydrogen (secondary N) is 1. The summed E-state index contributed by atoms with van der Waals surface area (Å²) in [5.74, 6) is 0.686. The molecule has 0 atom stereocenters. The van der Waals surface area contributed by atoms with Gasteiger partial charge in [0.2, 0.25) is 0 Å². The molecule has 1 aliphatic heterocycles. The summed E-state index contributed by atoms with van der Waals surface area (Å²) in [4.78, 5) is 12.5. The third-order valence-electron chi connectivity index (χ3n) is 3.14. The van der Waals surface area contributed by atoms with Gasteiger partial charge in [-0.1, -0.05) is 0 Å². The Kier molecular flexibility index (Phi) is 5.11. The van der Waals surface area contributed by atoms with Crippen LogP contribution in [0.3, 0.4) is 0 Å². The van der Waals surface area contributed by atoms with Crippen molar-refractivity contribution in [1.82, 2.24) is 10.2 Å². The number of benzene rings is 1. The lowest BCUT2D eigenvalue weighted by Gasteiger charge is -2.26. The van der Waals surface area contributed by atoms with Gasteiger partial charge in [-0.2, -0.15) is 0 Å². The average Bonchev–Trinajstić information content (AvgIpc) is 2.45. The van der Waals surface area contributed by atoms with Gasteiger partial charge in [-0.05, 0) is 18.6 Å². The molecule has 0 amide bonds. The quantitative estimate of drug-likeness (QED) is 0.476. The minimum absolute atomic E-state index is 0.0909. The summed E-state index contributed by atoms with van der Waals surface area (Å²) >= 11 is 0. The smallest absolute Gasteiger partial charge is 0.269 e. The monoisotopic (exact) mass is 265 g/mol. The van der Waals surface area contributed by atoms with E-state index in [1.165, 1.54) is 12.1 Å². The molecule has 1 heterocycles. The van der Waals surface area contributed by atoms with Crippen LogP contribution in [0.2, 0.25) is 0 Å². The number of hydrogen-bond acceptors (Lipinski definition) is 5. The molecule has 1 fully saturated rings. The summed E-state index contributed by atoms with van der Waals surface area (Å²) in [6.45, 7) is 5.98. The lowest BCUT2D eigenvalue weighted by molar-refractivity contribution is -0.384. The molecule has 1 aromatic rings. The van der Waals surface area contributed by atoms with Gasteiger partial charge < -0.3 is 15.0 Å². The van der Waals surface area contributed by atoms with E-state index in [1.807, 2.05) is 0 Å². The molecular weight excluding hydrogens is 246 g/mol. The van der Waals surface area contributed by atoms with Crippen LogP contribution >= 0.6 is 0 Å². The van der Waals surface area contributed by atoms with Crippen LogP contribution in [0.4, 0.5) is 5.69 Å². The topological polar surface area (TPSA) is 67.6 Å². The molecule has 0 bridgehead atoms. The summed E-state index contributed by atoms with van der Waals surface area (Å²) in [5, 5.41) is 13.8. The fourth-order valence-corrected chi connectivity index (χ4v) is 2.08. The van der Waals surface area contributed by atoms with Crippen molar-refractivity contribution in [2.24, 2.45) is 0 Å². The van der Waals surface area contributed by atoms with Crippen LogP contribution in [0.25, 0.3) is 0 Å². The Morgan fingerprint density at radius 3 is 2.58 bits per heavy atom. The third-order valence-corrected chi connectivity index (χ3v) is 3.14. The average molecular weight is 265 g/mol. The van der Waals surface area contributed by atoms with Crippen molar-refractivity contribution < 1.29 is 9.66 Å². The van der Waals surface area contributed by atoms with Crippen LogP contribution in [0.5, 0.6) is 5.75 Å². The maximum atomic E-state index is 10.5. The molecule has 0 radical (unpaired) electrons. The molecule has 1 aliphatic rings. The Morgan fingerprint density at radius 2 is 1.95 bits per heavy atom. The zero-order valence-electron chi connectivity index (χ0n) is 10.9. The van der Waals surface area contributed by atoms with Gasteiger partial charge in [-0.3, -0.25) is 10.1 Å². The minimum atomic E-state index is -0.409.